The molecule has 2 aromatic rings. The number of aromatic nitrogens is 1. The standard InChI is InChI=1S/C22H35N5O/c1-6-23-22(27(5)18-20-9-7-15-26(20)4)24-17-19-10-12-21(13-11-19)28-16-8-14-25(2)3/h7,9-13,15H,6,8,14,16-18H2,1-5H3,(H,23,24). The molecule has 6 heteroatoms. The molecule has 0 saturated heterocycles. The third kappa shape index (κ3) is 7.27. The van der Waals surface area contributed by atoms with Crippen molar-refractivity contribution in [3.8, 4) is 5.75 Å². The zero-order chi connectivity index (χ0) is 20.4. The Hall–Kier alpha value is -2.47. The molecule has 0 aliphatic rings. The fourth-order valence-electron chi connectivity index (χ4n) is 2.88. The van der Waals surface area contributed by atoms with Crippen molar-refractivity contribution in [2.24, 2.45) is 12.0 Å². The van der Waals surface area contributed by atoms with E-state index in [1.165, 1.54) is 11.3 Å². The lowest BCUT2D eigenvalue weighted by Gasteiger charge is -2.22. The van der Waals surface area contributed by atoms with E-state index in [0.717, 1.165) is 44.4 Å². The van der Waals surface area contributed by atoms with Gasteiger partial charge in [-0.15, -0.1) is 0 Å². The number of guanidine groups is 1. The second-order valence-electron chi connectivity index (χ2n) is 7.29. The molecule has 1 N–H and O–H groups in total. The number of benzene rings is 1. The van der Waals surface area contributed by atoms with Gasteiger partial charge in [0, 0.05) is 39.1 Å². The van der Waals surface area contributed by atoms with E-state index in [4.69, 9.17) is 9.73 Å². The fraction of sp³-hybridized carbons (Fsp3) is 0.500. The lowest BCUT2D eigenvalue weighted by atomic mass is 10.2. The van der Waals surface area contributed by atoms with Gasteiger partial charge in [-0.05, 0) is 57.3 Å². The van der Waals surface area contributed by atoms with Gasteiger partial charge in [0.05, 0.1) is 19.7 Å². The van der Waals surface area contributed by atoms with Crippen LogP contribution in [0.2, 0.25) is 0 Å². The Morgan fingerprint density at radius 3 is 2.50 bits per heavy atom. The molecule has 0 fully saturated rings. The van der Waals surface area contributed by atoms with Crippen LogP contribution in [0.4, 0.5) is 0 Å². The maximum atomic E-state index is 5.80. The zero-order valence-electron chi connectivity index (χ0n) is 18.0. The summed E-state index contributed by atoms with van der Waals surface area (Å²) < 4.78 is 7.93. The van der Waals surface area contributed by atoms with Crippen LogP contribution in [0, 0.1) is 0 Å². The van der Waals surface area contributed by atoms with Crippen molar-refractivity contribution in [2.75, 3.05) is 40.8 Å². The van der Waals surface area contributed by atoms with Gasteiger partial charge in [-0.3, -0.25) is 0 Å². The smallest absolute Gasteiger partial charge is 0.194 e. The number of rotatable bonds is 10. The predicted molar refractivity (Wildman–Crippen MR) is 117 cm³/mol. The minimum Gasteiger partial charge on any atom is -0.494 e. The molecule has 2 rings (SSSR count). The summed E-state index contributed by atoms with van der Waals surface area (Å²) in [6.45, 7) is 6.17. The molecule has 0 spiro atoms. The van der Waals surface area contributed by atoms with Crippen LogP contribution in [-0.4, -0.2) is 61.2 Å². The zero-order valence-corrected chi connectivity index (χ0v) is 18.0. The summed E-state index contributed by atoms with van der Waals surface area (Å²) in [5.41, 5.74) is 2.42. The molecule has 0 aliphatic heterocycles. The van der Waals surface area contributed by atoms with Gasteiger partial charge in [0.15, 0.2) is 5.96 Å². The van der Waals surface area contributed by atoms with E-state index in [1.54, 1.807) is 0 Å². The summed E-state index contributed by atoms with van der Waals surface area (Å²) in [4.78, 5) is 9.12. The molecule has 6 nitrogen and oxygen atoms in total. The van der Waals surface area contributed by atoms with E-state index < -0.39 is 0 Å². The summed E-state index contributed by atoms with van der Waals surface area (Å²) in [5.74, 6) is 1.83. The molecular formula is C22H35N5O. The van der Waals surface area contributed by atoms with Gasteiger partial charge in [0.25, 0.3) is 0 Å². The molecule has 0 saturated carbocycles. The quantitative estimate of drug-likeness (QED) is 0.388. The first kappa shape index (κ1) is 21.8. The van der Waals surface area contributed by atoms with Crippen LogP contribution < -0.4 is 10.1 Å². The van der Waals surface area contributed by atoms with E-state index in [9.17, 15) is 0 Å². The van der Waals surface area contributed by atoms with Crippen LogP contribution in [0.1, 0.15) is 24.6 Å². The van der Waals surface area contributed by atoms with Gasteiger partial charge >= 0.3 is 0 Å². The molecular weight excluding hydrogens is 350 g/mol. The van der Waals surface area contributed by atoms with Crippen molar-refractivity contribution < 1.29 is 4.74 Å². The Morgan fingerprint density at radius 1 is 1.14 bits per heavy atom. The fourth-order valence-corrected chi connectivity index (χ4v) is 2.88. The van der Waals surface area contributed by atoms with Crippen molar-refractivity contribution in [2.45, 2.75) is 26.4 Å². The molecule has 0 atom stereocenters. The number of aliphatic imine (C=N–C) groups is 1. The Balaban J connectivity index is 1.90. The Morgan fingerprint density at radius 2 is 1.89 bits per heavy atom. The number of nitrogens with one attached hydrogen (secondary N) is 1. The summed E-state index contributed by atoms with van der Waals surface area (Å²) in [6, 6.07) is 12.4. The molecule has 0 amide bonds. The highest BCUT2D eigenvalue weighted by molar-refractivity contribution is 5.79. The highest BCUT2D eigenvalue weighted by atomic mass is 16.5. The van der Waals surface area contributed by atoms with E-state index in [-0.39, 0.29) is 0 Å². The summed E-state index contributed by atoms with van der Waals surface area (Å²) >= 11 is 0. The van der Waals surface area contributed by atoms with Crippen LogP contribution in [0.15, 0.2) is 47.6 Å². The number of hydrogen-bond acceptors (Lipinski definition) is 3. The van der Waals surface area contributed by atoms with E-state index in [0.29, 0.717) is 6.54 Å². The van der Waals surface area contributed by atoms with Gasteiger partial charge < -0.3 is 24.4 Å². The lowest BCUT2D eigenvalue weighted by molar-refractivity contribution is 0.281. The number of aryl methyl sites for hydroxylation is 1. The van der Waals surface area contributed by atoms with Crippen molar-refractivity contribution in [1.29, 1.82) is 0 Å². The van der Waals surface area contributed by atoms with Gasteiger partial charge in [-0.2, -0.15) is 0 Å². The molecule has 0 radical (unpaired) electrons. The molecule has 28 heavy (non-hydrogen) atoms. The Labute approximate surface area is 169 Å². The average molecular weight is 386 g/mol. The first-order chi connectivity index (χ1) is 13.5. The normalized spacial score (nSPS) is 11.7. The van der Waals surface area contributed by atoms with Crippen LogP contribution in [0.5, 0.6) is 5.75 Å². The number of nitrogens with zero attached hydrogens (tertiary/aromatic N) is 4. The maximum absolute atomic E-state index is 5.80. The molecule has 1 aromatic heterocycles. The van der Waals surface area contributed by atoms with Crippen LogP contribution >= 0.6 is 0 Å². The lowest BCUT2D eigenvalue weighted by Crippen LogP contribution is -2.38. The first-order valence-corrected chi connectivity index (χ1v) is 9.95. The van der Waals surface area contributed by atoms with E-state index in [2.05, 4.69) is 85.3 Å². The Bertz CT molecular complexity index is 721. The van der Waals surface area contributed by atoms with E-state index in [1.807, 2.05) is 12.1 Å². The topological polar surface area (TPSA) is 45.0 Å². The van der Waals surface area contributed by atoms with Crippen molar-refractivity contribution >= 4 is 5.96 Å². The molecule has 0 unspecified atom stereocenters. The summed E-state index contributed by atoms with van der Waals surface area (Å²) in [5, 5.41) is 3.38. The predicted octanol–water partition coefficient (Wildman–Crippen LogP) is 2.95. The van der Waals surface area contributed by atoms with Gasteiger partial charge in [-0.25, -0.2) is 4.99 Å². The number of ether oxygens (including phenoxy) is 1. The SMILES string of the molecule is CCNC(=NCc1ccc(OCCCN(C)C)cc1)N(C)Cc1cccn1C. The molecule has 1 heterocycles. The van der Waals surface area contributed by atoms with Crippen LogP contribution in [-0.2, 0) is 20.1 Å². The second kappa shape index (κ2) is 11.4. The maximum Gasteiger partial charge on any atom is 0.194 e. The molecule has 1 aromatic carbocycles. The molecule has 154 valence electrons. The third-order valence-corrected chi connectivity index (χ3v) is 4.50. The van der Waals surface area contributed by atoms with Crippen molar-refractivity contribution in [3.63, 3.8) is 0 Å². The number of hydrogen-bond donors (Lipinski definition) is 1. The largest absolute Gasteiger partial charge is 0.494 e. The molecule has 0 bridgehead atoms. The Kier molecular flexibility index (Phi) is 8.88. The first-order valence-electron chi connectivity index (χ1n) is 9.95. The summed E-state index contributed by atoms with van der Waals surface area (Å²) in [6.07, 6.45) is 3.09. The monoisotopic (exact) mass is 385 g/mol. The minimum absolute atomic E-state index is 0.640. The van der Waals surface area contributed by atoms with Gasteiger partial charge in [0.1, 0.15) is 5.75 Å². The second-order valence-corrected chi connectivity index (χ2v) is 7.29. The minimum atomic E-state index is 0.640. The van der Waals surface area contributed by atoms with Gasteiger partial charge in [0.2, 0.25) is 0 Å². The summed E-state index contributed by atoms with van der Waals surface area (Å²) in [7, 11) is 8.29. The van der Waals surface area contributed by atoms with Crippen LogP contribution in [0.25, 0.3) is 0 Å². The van der Waals surface area contributed by atoms with Crippen LogP contribution in [0.3, 0.4) is 0 Å². The van der Waals surface area contributed by atoms with E-state index >= 15 is 0 Å². The highest BCUT2D eigenvalue weighted by Gasteiger charge is 2.08. The molecule has 0 aliphatic carbocycles. The average Bonchev–Trinajstić information content (AvgIpc) is 3.07. The van der Waals surface area contributed by atoms with Gasteiger partial charge in [-0.1, -0.05) is 12.1 Å². The van der Waals surface area contributed by atoms with Crippen molar-refractivity contribution in [3.05, 3.63) is 53.9 Å². The van der Waals surface area contributed by atoms with Crippen molar-refractivity contribution in [1.82, 2.24) is 19.7 Å². The highest BCUT2D eigenvalue weighted by Crippen LogP contribution is 2.13. The third-order valence-electron chi connectivity index (χ3n) is 4.50.